The fourth-order valence-corrected chi connectivity index (χ4v) is 3.26. The van der Waals surface area contributed by atoms with Crippen molar-refractivity contribution in [3.05, 3.63) is 58.3 Å². The van der Waals surface area contributed by atoms with E-state index < -0.39 is 0 Å². The molecule has 0 bridgehead atoms. The van der Waals surface area contributed by atoms with Crippen molar-refractivity contribution in [2.45, 2.75) is 13.0 Å². The van der Waals surface area contributed by atoms with E-state index in [1.165, 1.54) is 19.2 Å². The van der Waals surface area contributed by atoms with Crippen molar-refractivity contribution in [3.63, 3.8) is 0 Å². The standard InChI is InChI=1S/C21H21Cl2N3O4/c1-14(27)25-20-9-16(22)4-2-15(20)3-5-21(28)26-6-7-29-19(12-26)13-30-18-8-17(23)10-24-11-18/h2-5,8-11,19H,6-7,12-13H2,1H3,(H,25,27)/b5-3+. The fraction of sp³-hybridized carbons (Fsp3) is 0.286. The van der Waals surface area contributed by atoms with Crippen LogP contribution in [0.2, 0.25) is 10.0 Å². The van der Waals surface area contributed by atoms with Crippen LogP contribution in [0.4, 0.5) is 5.69 Å². The largest absolute Gasteiger partial charge is 0.489 e. The second kappa shape index (κ2) is 10.4. The van der Waals surface area contributed by atoms with Gasteiger partial charge in [0.25, 0.3) is 0 Å². The first-order valence-electron chi connectivity index (χ1n) is 9.30. The molecule has 7 nitrogen and oxygen atoms in total. The Morgan fingerprint density at radius 3 is 2.90 bits per heavy atom. The van der Waals surface area contributed by atoms with Gasteiger partial charge in [0, 0.05) is 42.5 Å². The molecule has 30 heavy (non-hydrogen) atoms. The van der Waals surface area contributed by atoms with Crippen LogP contribution in [-0.2, 0) is 14.3 Å². The molecule has 1 unspecified atom stereocenters. The lowest BCUT2D eigenvalue weighted by atomic mass is 10.1. The summed E-state index contributed by atoms with van der Waals surface area (Å²) in [5.41, 5.74) is 1.23. The van der Waals surface area contributed by atoms with Gasteiger partial charge in [0.1, 0.15) is 18.5 Å². The van der Waals surface area contributed by atoms with Crippen LogP contribution in [0, 0.1) is 0 Å². The van der Waals surface area contributed by atoms with Gasteiger partial charge in [-0.2, -0.15) is 0 Å². The van der Waals surface area contributed by atoms with E-state index in [4.69, 9.17) is 32.7 Å². The van der Waals surface area contributed by atoms with Crippen LogP contribution in [0.1, 0.15) is 12.5 Å². The quantitative estimate of drug-likeness (QED) is 0.680. The molecule has 1 N–H and O–H groups in total. The zero-order chi connectivity index (χ0) is 21.5. The molecule has 0 saturated carbocycles. The first kappa shape index (κ1) is 22.1. The number of hydrogen-bond acceptors (Lipinski definition) is 5. The Labute approximate surface area is 184 Å². The molecule has 0 spiro atoms. The predicted octanol–water partition coefficient (Wildman–Crippen LogP) is 3.67. The molecule has 2 aromatic rings. The highest BCUT2D eigenvalue weighted by molar-refractivity contribution is 6.31. The maximum absolute atomic E-state index is 12.6. The molecule has 1 saturated heterocycles. The summed E-state index contributed by atoms with van der Waals surface area (Å²) in [4.78, 5) is 29.7. The van der Waals surface area contributed by atoms with Crippen LogP contribution in [0.3, 0.4) is 0 Å². The van der Waals surface area contributed by atoms with Crippen LogP contribution in [-0.4, -0.2) is 54.1 Å². The Morgan fingerprint density at radius 2 is 2.13 bits per heavy atom. The molecule has 0 radical (unpaired) electrons. The van der Waals surface area contributed by atoms with Gasteiger partial charge in [-0.15, -0.1) is 0 Å². The van der Waals surface area contributed by atoms with Gasteiger partial charge in [-0.25, -0.2) is 0 Å². The number of amides is 2. The number of carbonyl (C=O) groups excluding carboxylic acids is 2. The molecule has 1 aromatic carbocycles. The van der Waals surface area contributed by atoms with E-state index in [2.05, 4.69) is 10.3 Å². The third-order valence-electron chi connectivity index (χ3n) is 4.30. The summed E-state index contributed by atoms with van der Waals surface area (Å²) in [5.74, 6) is 0.170. The van der Waals surface area contributed by atoms with E-state index in [1.54, 1.807) is 41.4 Å². The average Bonchev–Trinajstić information content (AvgIpc) is 2.71. The van der Waals surface area contributed by atoms with E-state index >= 15 is 0 Å². The second-order valence-electron chi connectivity index (χ2n) is 6.67. The number of carbonyl (C=O) groups is 2. The molecule has 1 aromatic heterocycles. The molecule has 1 atom stereocenters. The van der Waals surface area contributed by atoms with Crippen molar-refractivity contribution >= 4 is 46.8 Å². The average molecular weight is 450 g/mol. The summed E-state index contributed by atoms with van der Waals surface area (Å²) in [6.07, 6.45) is 5.96. The number of nitrogens with one attached hydrogen (secondary N) is 1. The van der Waals surface area contributed by atoms with Gasteiger partial charge in [0.05, 0.1) is 24.4 Å². The normalized spacial score (nSPS) is 16.5. The van der Waals surface area contributed by atoms with Crippen molar-refractivity contribution in [3.8, 4) is 5.75 Å². The molecule has 1 fully saturated rings. The number of halogens is 2. The van der Waals surface area contributed by atoms with E-state index in [0.717, 1.165) is 0 Å². The number of pyridine rings is 1. The number of ether oxygens (including phenoxy) is 2. The Balaban J connectivity index is 1.59. The van der Waals surface area contributed by atoms with Gasteiger partial charge >= 0.3 is 0 Å². The number of morpholine rings is 1. The fourth-order valence-electron chi connectivity index (χ4n) is 2.92. The van der Waals surface area contributed by atoms with Crippen LogP contribution in [0.25, 0.3) is 6.08 Å². The molecule has 2 amide bonds. The van der Waals surface area contributed by atoms with Crippen LogP contribution < -0.4 is 10.1 Å². The third-order valence-corrected chi connectivity index (χ3v) is 4.74. The summed E-state index contributed by atoms with van der Waals surface area (Å²) >= 11 is 11.9. The lowest BCUT2D eigenvalue weighted by Crippen LogP contribution is -2.47. The molecule has 2 heterocycles. The van der Waals surface area contributed by atoms with Gasteiger partial charge in [0.15, 0.2) is 0 Å². The van der Waals surface area contributed by atoms with E-state index in [1.807, 2.05) is 0 Å². The Morgan fingerprint density at radius 1 is 1.30 bits per heavy atom. The Bertz CT molecular complexity index is 952. The number of aromatic nitrogens is 1. The molecule has 158 valence electrons. The maximum atomic E-state index is 12.6. The molecule has 0 aliphatic carbocycles. The maximum Gasteiger partial charge on any atom is 0.246 e. The first-order chi connectivity index (χ1) is 14.4. The van der Waals surface area contributed by atoms with Gasteiger partial charge in [0.2, 0.25) is 11.8 Å². The van der Waals surface area contributed by atoms with Crippen molar-refractivity contribution in [1.29, 1.82) is 0 Å². The molecule has 3 rings (SSSR count). The van der Waals surface area contributed by atoms with Crippen molar-refractivity contribution in [2.24, 2.45) is 0 Å². The predicted molar refractivity (Wildman–Crippen MR) is 116 cm³/mol. The molecule has 1 aliphatic heterocycles. The van der Waals surface area contributed by atoms with Gasteiger partial charge in [-0.05, 0) is 23.8 Å². The lowest BCUT2D eigenvalue weighted by Gasteiger charge is -2.32. The highest BCUT2D eigenvalue weighted by Crippen LogP contribution is 2.23. The van der Waals surface area contributed by atoms with Crippen LogP contribution >= 0.6 is 23.2 Å². The van der Waals surface area contributed by atoms with Crippen LogP contribution in [0.15, 0.2) is 42.7 Å². The van der Waals surface area contributed by atoms with E-state index in [9.17, 15) is 9.59 Å². The van der Waals surface area contributed by atoms with Gasteiger partial charge < -0.3 is 19.7 Å². The minimum Gasteiger partial charge on any atom is -0.489 e. The number of hydrogen-bond donors (Lipinski definition) is 1. The molecule has 1 aliphatic rings. The van der Waals surface area contributed by atoms with Crippen molar-refractivity contribution in [2.75, 3.05) is 31.6 Å². The highest BCUT2D eigenvalue weighted by Gasteiger charge is 2.23. The molecular formula is C21H21Cl2N3O4. The molecular weight excluding hydrogens is 429 g/mol. The summed E-state index contributed by atoms with van der Waals surface area (Å²) in [6.45, 7) is 2.99. The zero-order valence-electron chi connectivity index (χ0n) is 16.3. The SMILES string of the molecule is CC(=O)Nc1cc(Cl)ccc1/C=C/C(=O)N1CCOC(COc2cncc(Cl)c2)C1. The molecule has 9 heteroatoms. The van der Waals surface area contributed by atoms with Crippen LogP contribution in [0.5, 0.6) is 5.75 Å². The summed E-state index contributed by atoms with van der Waals surface area (Å²) < 4.78 is 11.4. The highest BCUT2D eigenvalue weighted by atomic mass is 35.5. The minimum absolute atomic E-state index is 0.156. The number of rotatable bonds is 6. The number of benzene rings is 1. The van der Waals surface area contributed by atoms with Gasteiger partial charge in [-0.3, -0.25) is 14.6 Å². The lowest BCUT2D eigenvalue weighted by molar-refractivity contribution is -0.134. The summed E-state index contributed by atoms with van der Waals surface area (Å²) in [6, 6.07) is 6.75. The Kier molecular flexibility index (Phi) is 7.68. The van der Waals surface area contributed by atoms with E-state index in [0.29, 0.717) is 46.7 Å². The first-order valence-corrected chi connectivity index (χ1v) is 10.1. The summed E-state index contributed by atoms with van der Waals surface area (Å²) in [5, 5.41) is 3.69. The van der Waals surface area contributed by atoms with Crippen molar-refractivity contribution < 1.29 is 19.1 Å². The number of anilines is 1. The number of nitrogens with zero attached hydrogens (tertiary/aromatic N) is 2. The Hall–Kier alpha value is -2.61. The van der Waals surface area contributed by atoms with E-state index in [-0.39, 0.29) is 24.5 Å². The minimum atomic E-state index is -0.263. The third kappa shape index (κ3) is 6.45. The smallest absolute Gasteiger partial charge is 0.246 e. The second-order valence-corrected chi connectivity index (χ2v) is 7.55. The van der Waals surface area contributed by atoms with Crippen molar-refractivity contribution in [1.82, 2.24) is 9.88 Å². The zero-order valence-corrected chi connectivity index (χ0v) is 17.8. The topological polar surface area (TPSA) is 80.8 Å². The van der Waals surface area contributed by atoms with Gasteiger partial charge in [-0.1, -0.05) is 29.3 Å². The monoisotopic (exact) mass is 449 g/mol. The summed E-state index contributed by atoms with van der Waals surface area (Å²) in [7, 11) is 0.